The van der Waals surface area contributed by atoms with Crippen LogP contribution >= 0.6 is 15.9 Å². The zero-order chi connectivity index (χ0) is 14.4. The minimum Gasteiger partial charge on any atom is -0.352 e. The van der Waals surface area contributed by atoms with Crippen LogP contribution in [0.4, 0.5) is 4.39 Å². The molecule has 0 aliphatic heterocycles. The van der Waals surface area contributed by atoms with Crippen LogP contribution in [0.5, 0.6) is 0 Å². The number of carbonyl (C=O) groups excluding carboxylic acids is 1. The van der Waals surface area contributed by atoms with Gasteiger partial charge in [0, 0.05) is 22.6 Å². The summed E-state index contributed by atoms with van der Waals surface area (Å²) >= 11 is 3.30. The Balaban J connectivity index is 2.51. The molecule has 2 N–H and O–H groups in total. The van der Waals surface area contributed by atoms with E-state index in [0.717, 1.165) is 10.9 Å². The summed E-state index contributed by atoms with van der Waals surface area (Å²) in [5.41, 5.74) is 0.539. The fraction of sp³-hybridized carbons (Fsp3) is 0.500. The molecular formula is C14H20BrFN2O. The summed E-state index contributed by atoms with van der Waals surface area (Å²) in [6.07, 6.45) is 0.888. The van der Waals surface area contributed by atoms with Gasteiger partial charge in [0.15, 0.2) is 0 Å². The Morgan fingerprint density at radius 3 is 2.74 bits per heavy atom. The second kappa shape index (κ2) is 7.60. The fourth-order valence-electron chi connectivity index (χ4n) is 1.50. The van der Waals surface area contributed by atoms with E-state index in [-0.39, 0.29) is 23.8 Å². The zero-order valence-corrected chi connectivity index (χ0v) is 13.1. The van der Waals surface area contributed by atoms with E-state index in [0.29, 0.717) is 12.1 Å². The SMILES string of the molecule is CCC(C)NC(=O)C(C)NCc1cc(Br)ccc1F. The average Bonchev–Trinajstić information content (AvgIpc) is 2.39. The molecule has 1 amide bonds. The van der Waals surface area contributed by atoms with Gasteiger partial charge >= 0.3 is 0 Å². The van der Waals surface area contributed by atoms with Crippen LogP contribution in [-0.4, -0.2) is 18.0 Å². The van der Waals surface area contributed by atoms with Crippen molar-refractivity contribution >= 4 is 21.8 Å². The summed E-state index contributed by atoms with van der Waals surface area (Å²) in [4.78, 5) is 11.8. The molecule has 1 aromatic rings. The van der Waals surface area contributed by atoms with Crippen LogP contribution in [0, 0.1) is 5.82 Å². The molecule has 0 fully saturated rings. The minimum absolute atomic E-state index is 0.0650. The monoisotopic (exact) mass is 330 g/mol. The van der Waals surface area contributed by atoms with Crippen LogP contribution in [0.3, 0.4) is 0 Å². The van der Waals surface area contributed by atoms with E-state index < -0.39 is 0 Å². The molecule has 0 aliphatic rings. The summed E-state index contributed by atoms with van der Waals surface area (Å²) in [6, 6.07) is 4.57. The van der Waals surface area contributed by atoms with Crippen LogP contribution in [0.25, 0.3) is 0 Å². The third-order valence-corrected chi connectivity index (χ3v) is 3.49. The summed E-state index contributed by atoms with van der Waals surface area (Å²) in [5.74, 6) is -0.338. The average molecular weight is 331 g/mol. The lowest BCUT2D eigenvalue weighted by molar-refractivity contribution is -0.123. The smallest absolute Gasteiger partial charge is 0.237 e. The molecule has 0 aromatic heterocycles. The Morgan fingerprint density at radius 1 is 1.42 bits per heavy atom. The predicted molar refractivity (Wildman–Crippen MR) is 78.3 cm³/mol. The lowest BCUT2D eigenvalue weighted by Crippen LogP contribution is -2.45. The highest BCUT2D eigenvalue weighted by molar-refractivity contribution is 9.10. The maximum Gasteiger partial charge on any atom is 0.237 e. The summed E-state index contributed by atoms with van der Waals surface area (Å²) < 4.78 is 14.3. The maximum absolute atomic E-state index is 13.5. The molecule has 0 saturated heterocycles. The first-order chi connectivity index (χ1) is 8.93. The third-order valence-electron chi connectivity index (χ3n) is 3.00. The molecule has 106 valence electrons. The first-order valence-electron chi connectivity index (χ1n) is 6.41. The van der Waals surface area contributed by atoms with E-state index >= 15 is 0 Å². The molecule has 0 saturated carbocycles. The van der Waals surface area contributed by atoms with Gasteiger partial charge in [-0.25, -0.2) is 4.39 Å². The van der Waals surface area contributed by atoms with Gasteiger partial charge in [-0.2, -0.15) is 0 Å². The van der Waals surface area contributed by atoms with Gasteiger partial charge in [0.05, 0.1) is 6.04 Å². The highest BCUT2D eigenvalue weighted by Gasteiger charge is 2.14. The number of hydrogen-bond acceptors (Lipinski definition) is 2. The number of amides is 1. The van der Waals surface area contributed by atoms with Crippen molar-refractivity contribution in [3.8, 4) is 0 Å². The Kier molecular flexibility index (Phi) is 6.45. The Morgan fingerprint density at radius 2 is 2.11 bits per heavy atom. The second-order valence-corrected chi connectivity index (χ2v) is 5.57. The molecule has 1 rings (SSSR count). The molecular weight excluding hydrogens is 311 g/mol. The quantitative estimate of drug-likeness (QED) is 0.841. The lowest BCUT2D eigenvalue weighted by Gasteiger charge is -2.17. The molecule has 2 unspecified atom stereocenters. The van der Waals surface area contributed by atoms with Crippen molar-refractivity contribution in [1.29, 1.82) is 0 Å². The van der Waals surface area contributed by atoms with Gasteiger partial charge in [-0.15, -0.1) is 0 Å². The van der Waals surface area contributed by atoms with Crippen molar-refractivity contribution in [3.63, 3.8) is 0 Å². The van der Waals surface area contributed by atoms with E-state index in [2.05, 4.69) is 26.6 Å². The number of halogens is 2. The molecule has 1 aromatic carbocycles. The summed E-state index contributed by atoms with van der Waals surface area (Å²) in [7, 11) is 0. The lowest BCUT2D eigenvalue weighted by atomic mass is 10.2. The normalized spacial score (nSPS) is 13.9. The van der Waals surface area contributed by atoms with Crippen molar-refractivity contribution in [3.05, 3.63) is 34.1 Å². The molecule has 19 heavy (non-hydrogen) atoms. The molecule has 0 bridgehead atoms. The van der Waals surface area contributed by atoms with Gasteiger partial charge in [-0.05, 0) is 38.5 Å². The Labute approximate surface area is 122 Å². The topological polar surface area (TPSA) is 41.1 Å². The van der Waals surface area contributed by atoms with Crippen molar-refractivity contribution < 1.29 is 9.18 Å². The standard InChI is InChI=1S/C14H20BrFN2O/c1-4-9(2)18-14(19)10(3)17-8-11-7-12(15)5-6-13(11)16/h5-7,9-10,17H,4,8H2,1-3H3,(H,18,19). The van der Waals surface area contributed by atoms with Crippen molar-refractivity contribution in [2.24, 2.45) is 0 Å². The number of hydrogen-bond donors (Lipinski definition) is 2. The number of rotatable bonds is 6. The zero-order valence-electron chi connectivity index (χ0n) is 11.5. The second-order valence-electron chi connectivity index (χ2n) is 4.66. The van der Waals surface area contributed by atoms with E-state index in [1.807, 2.05) is 13.8 Å². The number of carbonyl (C=O) groups is 1. The van der Waals surface area contributed by atoms with Gasteiger partial charge in [0.1, 0.15) is 5.82 Å². The van der Waals surface area contributed by atoms with Crippen molar-refractivity contribution in [2.75, 3.05) is 0 Å². The van der Waals surface area contributed by atoms with Gasteiger partial charge in [0.2, 0.25) is 5.91 Å². The molecule has 2 atom stereocenters. The first-order valence-corrected chi connectivity index (χ1v) is 7.21. The number of nitrogens with one attached hydrogen (secondary N) is 2. The van der Waals surface area contributed by atoms with E-state index in [1.165, 1.54) is 6.07 Å². The molecule has 0 aliphatic carbocycles. The largest absolute Gasteiger partial charge is 0.352 e. The van der Waals surface area contributed by atoms with Crippen LogP contribution in [0.1, 0.15) is 32.8 Å². The van der Waals surface area contributed by atoms with Gasteiger partial charge < -0.3 is 10.6 Å². The highest BCUT2D eigenvalue weighted by Crippen LogP contribution is 2.15. The van der Waals surface area contributed by atoms with Crippen LogP contribution < -0.4 is 10.6 Å². The van der Waals surface area contributed by atoms with E-state index in [4.69, 9.17) is 0 Å². The highest BCUT2D eigenvalue weighted by atomic mass is 79.9. The summed E-state index contributed by atoms with van der Waals surface area (Å²) in [5, 5.41) is 5.91. The predicted octanol–water partition coefficient (Wildman–Crippen LogP) is 2.98. The van der Waals surface area contributed by atoms with Crippen molar-refractivity contribution in [1.82, 2.24) is 10.6 Å². The fourth-order valence-corrected chi connectivity index (χ4v) is 1.91. The minimum atomic E-state index is -0.354. The molecule has 0 radical (unpaired) electrons. The van der Waals surface area contributed by atoms with Gasteiger partial charge in [-0.3, -0.25) is 4.79 Å². The van der Waals surface area contributed by atoms with Crippen LogP contribution in [0.15, 0.2) is 22.7 Å². The van der Waals surface area contributed by atoms with E-state index in [9.17, 15) is 9.18 Å². The first kappa shape index (κ1) is 16.1. The molecule has 3 nitrogen and oxygen atoms in total. The third kappa shape index (κ3) is 5.28. The molecule has 0 heterocycles. The molecule has 5 heteroatoms. The maximum atomic E-state index is 13.5. The van der Waals surface area contributed by atoms with Gasteiger partial charge in [0.25, 0.3) is 0 Å². The van der Waals surface area contributed by atoms with Crippen LogP contribution in [0.2, 0.25) is 0 Å². The van der Waals surface area contributed by atoms with Crippen LogP contribution in [-0.2, 0) is 11.3 Å². The van der Waals surface area contributed by atoms with Gasteiger partial charge in [-0.1, -0.05) is 22.9 Å². The Hall–Kier alpha value is -0.940. The molecule has 0 spiro atoms. The Bertz CT molecular complexity index is 439. The summed E-state index contributed by atoms with van der Waals surface area (Å²) in [6.45, 7) is 6.06. The number of benzene rings is 1. The van der Waals surface area contributed by atoms with Crippen molar-refractivity contribution in [2.45, 2.75) is 45.8 Å². The van der Waals surface area contributed by atoms with E-state index in [1.54, 1.807) is 19.1 Å².